The average Bonchev–Trinajstić information content (AvgIpc) is 2.55. The molecule has 0 saturated heterocycles. The van der Waals surface area contributed by atoms with Crippen LogP contribution in [0.4, 0.5) is 5.69 Å². The lowest BCUT2D eigenvalue weighted by Crippen LogP contribution is -2.28. The van der Waals surface area contributed by atoms with Gasteiger partial charge in [-0.15, -0.1) is 0 Å². The van der Waals surface area contributed by atoms with Crippen LogP contribution in [-0.4, -0.2) is 18.5 Å². The molecule has 0 bridgehead atoms. The van der Waals surface area contributed by atoms with Gasteiger partial charge in [0.1, 0.15) is 5.75 Å². The summed E-state index contributed by atoms with van der Waals surface area (Å²) in [6, 6.07) is 16.6. The van der Waals surface area contributed by atoms with Crippen molar-refractivity contribution in [3.63, 3.8) is 0 Å². The zero-order valence-electron chi connectivity index (χ0n) is 13.1. The summed E-state index contributed by atoms with van der Waals surface area (Å²) in [4.78, 5) is 28.7. The molecule has 0 fully saturated rings. The third-order valence-corrected chi connectivity index (χ3v) is 2.92. The Morgan fingerprint density at radius 3 is 2.57 bits per heavy atom. The van der Waals surface area contributed by atoms with Crippen LogP contribution in [0.25, 0.3) is 0 Å². The Balaban J connectivity index is 2.18. The molecule has 5 nitrogen and oxygen atoms in total. The highest BCUT2D eigenvalue weighted by atomic mass is 16.7. The number of hydrogen-bond donors (Lipinski definition) is 0. The Morgan fingerprint density at radius 1 is 1.17 bits per heavy atom. The van der Waals surface area contributed by atoms with Crippen LogP contribution in [-0.2, 0) is 9.63 Å². The monoisotopic (exact) mass is 312 g/mol. The summed E-state index contributed by atoms with van der Waals surface area (Å²) >= 11 is 0. The molecule has 2 aromatic carbocycles. The number of ether oxygens (including phenoxy) is 1. The highest BCUT2D eigenvalue weighted by molar-refractivity contribution is 5.89. The van der Waals surface area contributed by atoms with Gasteiger partial charge < -0.3 is 9.57 Å². The Labute approximate surface area is 135 Å². The van der Waals surface area contributed by atoms with Gasteiger partial charge in [0.25, 0.3) is 0 Å². The zero-order chi connectivity index (χ0) is 16.7. The van der Waals surface area contributed by atoms with Crippen LogP contribution in [0.2, 0.25) is 0 Å². The van der Waals surface area contributed by atoms with E-state index in [0.717, 1.165) is 6.42 Å². The van der Waals surface area contributed by atoms with Crippen LogP contribution in [0.15, 0.2) is 48.5 Å². The van der Waals surface area contributed by atoms with Crippen molar-refractivity contribution in [3.05, 3.63) is 60.2 Å². The number of anilines is 1. The SMILES string of the molecule is CCCN(OC(=O)c1ccccc1)c1[c]ccc(OC(C)=O)c1. The fourth-order valence-corrected chi connectivity index (χ4v) is 1.95. The summed E-state index contributed by atoms with van der Waals surface area (Å²) in [5.41, 5.74) is 0.986. The van der Waals surface area contributed by atoms with E-state index in [9.17, 15) is 9.59 Å². The summed E-state index contributed by atoms with van der Waals surface area (Å²) < 4.78 is 5.05. The van der Waals surface area contributed by atoms with Crippen molar-refractivity contribution in [1.29, 1.82) is 0 Å². The van der Waals surface area contributed by atoms with E-state index < -0.39 is 11.9 Å². The largest absolute Gasteiger partial charge is 0.427 e. The standard InChI is InChI=1S/C18H18NO4/c1-3-12-19(23-18(21)15-8-5-4-6-9-15)16-10-7-11-17(13-16)22-14(2)20/h4-9,11,13H,3,12H2,1-2H3. The molecule has 5 heteroatoms. The normalized spacial score (nSPS) is 10.0. The molecular weight excluding hydrogens is 294 g/mol. The smallest absolute Gasteiger partial charge is 0.363 e. The average molecular weight is 312 g/mol. The number of hydrogen-bond acceptors (Lipinski definition) is 5. The maximum Gasteiger partial charge on any atom is 0.363 e. The van der Waals surface area contributed by atoms with E-state index in [2.05, 4.69) is 6.07 Å². The van der Waals surface area contributed by atoms with E-state index in [1.807, 2.05) is 13.0 Å². The number of rotatable bonds is 6. The molecular formula is C18H18NO4. The number of carbonyl (C=O) groups is 2. The van der Waals surface area contributed by atoms with Gasteiger partial charge in [-0.2, -0.15) is 0 Å². The van der Waals surface area contributed by atoms with Gasteiger partial charge in [0.15, 0.2) is 0 Å². The van der Waals surface area contributed by atoms with Gasteiger partial charge in [0, 0.05) is 19.1 Å². The maximum atomic E-state index is 12.2. The fourth-order valence-electron chi connectivity index (χ4n) is 1.95. The second-order valence-electron chi connectivity index (χ2n) is 4.85. The van der Waals surface area contributed by atoms with Crippen molar-refractivity contribution in [2.45, 2.75) is 20.3 Å². The predicted molar refractivity (Wildman–Crippen MR) is 86.1 cm³/mol. The van der Waals surface area contributed by atoms with Gasteiger partial charge in [-0.3, -0.25) is 4.79 Å². The van der Waals surface area contributed by atoms with Crippen LogP contribution >= 0.6 is 0 Å². The lowest BCUT2D eigenvalue weighted by Gasteiger charge is -2.22. The first-order chi connectivity index (χ1) is 11.1. The number of nitrogens with zero attached hydrogens (tertiary/aromatic N) is 1. The van der Waals surface area contributed by atoms with E-state index in [4.69, 9.17) is 9.57 Å². The first-order valence-corrected chi connectivity index (χ1v) is 7.35. The second kappa shape index (κ2) is 7.98. The van der Waals surface area contributed by atoms with Crippen molar-refractivity contribution in [2.75, 3.05) is 11.6 Å². The maximum absolute atomic E-state index is 12.2. The minimum atomic E-state index is -0.453. The summed E-state index contributed by atoms with van der Waals surface area (Å²) in [5.74, 6) is -0.487. The molecule has 0 aromatic heterocycles. The Hall–Kier alpha value is -2.82. The van der Waals surface area contributed by atoms with E-state index >= 15 is 0 Å². The van der Waals surface area contributed by atoms with Crippen molar-refractivity contribution in [1.82, 2.24) is 0 Å². The Bertz CT molecular complexity index is 670. The number of esters is 1. The molecule has 119 valence electrons. The van der Waals surface area contributed by atoms with Crippen LogP contribution < -0.4 is 9.80 Å². The molecule has 2 rings (SSSR count). The Morgan fingerprint density at radius 2 is 1.91 bits per heavy atom. The second-order valence-corrected chi connectivity index (χ2v) is 4.85. The van der Waals surface area contributed by atoms with E-state index in [1.54, 1.807) is 42.5 Å². The molecule has 0 heterocycles. The molecule has 0 atom stereocenters. The van der Waals surface area contributed by atoms with Gasteiger partial charge in [-0.05, 0) is 30.7 Å². The van der Waals surface area contributed by atoms with Crippen LogP contribution in [0, 0.1) is 6.07 Å². The quantitative estimate of drug-likeness (QED) is 0.465. The summed E-state index contributed by atoms with van der Waals surface area (Å²) in [7, 11) is 0. The summed E-state index contributed by atoms with van der Waals surface area (Å²) in [6.07, 6.45) is 0.772. The molecule has 0 spiro atoms. The molecule has 0 N–H and O–H groups in total. The topological polar surface area (TPSA) is 55.8 Å². The minimum Gasteiger partial charge on any atom is -0.427 e. The van der Waals surface area contributed by atoms with Gasteiger partial charge in [-0.1, -0.05) is 25.1 Å². The van der Waals surface area contributed by atoms with Crippen molar-refractivity contribution in [3.8, 4) is 5.75 Å². The van der Waals surface area contributed by atoms with Crippen molar-refractivity contribution in [2.24, 2.45) is 0 Å². The minimum absolute atomic E-state index is 0.378. The molecule has 23 heavy (non-hydrogen) atoms. The van der Waals surface area contributed by atoms with Gasteiger partial charge in [-0.25, -0.2) is 9.86 Å². The molecule has 0 aliphatic carbocycles. The Kier molecular flexibility index (Phi) is 5.74. The van der Waals surface area contributed by atoms with Crippen LogP contribution in [0.1, 0.15) is 30.6 Å². The third-order valence-electron chi connectivity index (χ3n) is 2.92. The van der Waals surface area contributed by atoms with Gasteiger partial charge in [0.2, 0.25) is 0 Å². The predicted octanol–water partition coefficient (Wildman–Crippen LogP) is 3.40. The lowest BCUT2D eigenvalue weighted by atomic mass is 10.2. The third kappa shape index (κ3) is 4.85. The summed E-state index contributed by atoms with van der Waals surface area (Å²) in [6.45, 7) is 3.80. The lowest BCUT2D eigenvalue weighted by molar-refractivity contribution is -0.131. The molecule has 2 aromatic rings. The van der Waals surface area contributed by atoms with E-state index in [1.165, 1.54) is 12.0 Å². The molecule has 0 aliphatic heterocycles. The number of benzene rings is 2. The molecule has 0 unspecified atom stereocenters. The molecule has 0 amide bonds. The molecule has 0 saturated carbocycles. The summed E-state index contributed by atoms with van der Waals surface area (Å²) in [5, 5.41) is 1.45. The highest BCUT2D eigenvalue weighted by Gasteiger charge is 2.15. The van der Waals surface area contributed by atoms with Crippen molar-refractivity contribution < 1.29 is 19.2 Å². The highest BCUT2D eigenvalue weighted by Crippen LogP contribution is 2.22. The zero-order valence-corrected chi connectivity index (χ0v) is 13.1. The van der Waals surface area contributed by atoms with E-state index in [-0.39, 0.29) is 0 Å². The molecule has 0 aliphatic rings. The first-order valence-electron chi connectivity index (χ1n) is 7.35. The van der Waals surface area contributed by atoms with Gasteiger partial charge >= 0.3 is 11.9 Å². The van der Waals surface area contributed by atoms with Crippen molar-refractivity contribution >= 4 is 17.6 Å². The first kappa shape index (κ1) is 16.5. The fraction of sp³-hybridized carbons (Fsp3) is 0.222. The van der Waals surface area contributed by atoms with Gasteiger partial charge in [0.05, 0.1) is 17.8 Å². The number of carbonyl (C=O) groups excluding carboxylic acids is 2. The molecule has 1 radical (unpaired) electrons. The van der Waals surface area contributed by atoms with Crippen LogP contribution in [0.3, 0.4) is 0 Å². The van der Waals surface area contributed by atoms with Crippen LogP contribution in [0.5, 0.6) is 5.75 Å². The van der Waals surface area contributed by atoms with E-state index in [0.29, 0.717) is 23.5 Å². The number of hydroxylamine groups is 1.